The molecular weight excluding hydrogens is 208 g/mol. The van der Waals surface area contributed by atoms with E-state index in [-0.39, 0.29) is 12.4 Å². The highest BCUT2D eigenvalue weighted by Gasteiger charge is 2.17. The van der Waals surface area contributed by atoms with Crippen molar-refractivity contribution in [2.24, 2.45) is 0 Å². The third kappa shape index (κ3) is 1.70. The van der Waals surface area contributed by atoms with E-state index in [2.05, 4.69) is 27.8 Å². The average Bonchev–Trinajstić information content (AvgIpc) is 2.29. The monoisotopic (exact) mass is 220 g/mol. The molecule has 0 saturated carbocycles. The van der Waals surface area contributed by atoms with Gasteiger partial charge in [0, 0.05) is 6.42 Å². The molecule has 0 aliphatic carbocycles. The quantitative estimate of drug-likeness (QED) is 0.513. The van der Waals surface area contributed by atoms with Crippen LogP contribution in [0.2, 0.25) is 0 Å². The number of fused-ring (bicyclic) bond motifs is 3. The lowest BCUT2D eigenvalue weighted by atomic mass is 10.1. The molecule has 2 nitrogen and oxygen atoms in total. The van der Waals surface area contributed by atoms with Crippen molar-refractivity contribution in [2.75, 3.05) is 0 Å². The maximum absolute atomic E-state index is 4.46. The number of aromatic nitrogens is 2. The molecule has 0 saturated heterocycles. The van der Waals surface area contributed by atoms with E-state index in [1.807, 2.05) is 12.3 Å². The van der Waals surface area contributed by atoms with Crippen molar-refractivity contribution in [1.29, 1.82) is 0 Å². The van der Waals surface area contributed by atoms with Crippen molar-refractivity contribution in [1.82, 2.24) is 4.98 Å². The first-order chi connectivity index (χ1) is 6.95. The fourth-order valence-corrected chi connectivity index (χ4v) is 2.22. The number of pyridine rings is 2. The van der Waals surface area contributed by atoms with Gasteiger partial charge in [-0.15, -0.1) is 0 Å². The molecule has 0 aromatic carbocycles. The zero-order valence-corrected chi connectivity index (χ0v) is 9.24. The first kappa shape index (κ1) is 10.4. The van der Waals surface area contributed by atoms with Crippen LogP contribution >= 0.6 is 0 Å². The number of rotatable bonds is 0. The lowest BCUT2D eigenvalue weighted by molar-refractivity contribution is -0.686. The van der Waals surface area contributed by atoms with Crippen LogP contribution in [0.5, 0.6) is 0 Å². The van der Waals surface area contributed by atoms with Crippen LogP contribution in [0.1, 0.15) is 18.5 Å². The minimum absolute atomic E-state index is 0. The Kier molecular flexibility index (Phi) is 2.87. The molecule has 0 unspecified atom stereocenters. The van der Waals surface area contributed by atoms with Gasteiger partial charge >= 0.3 is 5.65 Å². The maximum atomic E-state index is 4.46. The van der Waals surface area contributed by atoms with E-state index in [1.54, 1.807) is 0 Å². The molecule has 3 rings (SSSR count). The highest BCUT2D eigenvalue weighted by Crippen LogP contribution is 2.13. The predicted octanol–water partition coefficient (Wildman–Crippen LogP) is -1.14. The average molecular weight is 221 g/mol. The normalized spacial score (nSPS) is 14.4. The summed E-state index contributed by atoms with van der Waals surface area (Å²) >= 11 is 0. The van der Waals surface area contributed by atoms with Crippen LogP contribution < -0.4 is 17.0 Å². The van der Waals surface area contributed by atoms with Gasteiger partial charge in [-0.3, -0.25) is 0 Å². The van der Waals surface area contributed by atoms with Gasteiger partial charge in [-0.2, -0.15) is 0 Å². The lowest BCUT2D eigenvalue weighted by Gasteiger charge is -2.13. The molecule has 0 fully saturated rings. The molecule has 0 bridgehead atoms. The minimum Gasteiger partial charge on any atom is -1.00 e. The van der Waals surface area contributed by atoms with Crippen molar-refractivity contribution in [2.45, 2.75) is 25.8 Å². The summed E-state index contributed by atoms with van der Waals surface area (Å²) in [5.41, 5.74) is 2.58. The molecule has 0 N–H and O–H groups in total. The number of halogens is 1. The fourth-order valence-electron chi connectivity index (χ4n) is 2.22. The fraction of sp³-hybridized carbons (Fsp3) is 0.333. The van der Waals surface area contributed by atoms with Crippen LogP contribution in [0, 0.1) is 0 Å². The molecule has 1 aliphatic heterocycles. The van der Waals surface area contributed by atoms with Crippen molar-refractivity contribution in [3.05, 3.63) is 36.2 Å². The second-order valence-electron chi connectivity index (χ2n) is 3.85. The second kappa shape index (κ2) is 4.15. The molecule has 0 spiro atoms. The molecule has 0 atom stereocenters. The SMILES string of the molecule is [Cl-].c1cnc2c(c1)ccc1[n+]2CCCC1. The van der Waals surface area contributed by atoms with Gasteiger partial charge < -0.3 is 12.4 Å². The van der Waals surface area contributed by atoms with E-state index < -0.39 is 0 Å². The van der Waals surface area contributed by atoms with Gasteiger partial charge in [0.25, 0.3) is 0 Å². The maximum Gasteiger partial charge on any atom is 0.330 e. The highest BCUT2D eigenvalue weighted by atomic mass is 35.5. The molecule has 0 amide bonds. The second-order valence-corrected chi connectivity index (χ2v) is 3.85. The summed E-state index contributed by atoms with van der Waals surface area (Å²) in [4.78, 5) is 4.46. The first-order valence-corrected chi connectivity index (χ1v) is 5.21. The van der Waals surface area contributed by atoms with Gasteiger partial charge in [0.2, 0.25) is 0 Å². The highest BCUT2D eigenvalue weighted by molar-refractivity contribution is 5.71. The molecular formula is C12H13ClN2. The van der Waals surface area contributed by atoms with E-state index in [0.29, 0.717) is 0 Å². The molecule has 2 aromatic heterocycles. The molecule has 1 aliphatic rings. The number of hydrogen-bond donors (Lipinski definition) is 0. The van der Waals surface area contributed by atoms with Crippen molar-refractivity contribution in [3.63, 3.8) is 0 Å². The molecule has 15 heavy (non-hydrogen) atoms. The zero-order chi connectivity index (χ0) is 9.38. The van der Waals surface area contributed by atoms with Crippen LogP contribution in [0.25, 0.3) is 11.0 Å². The Labute approximate surface area is 95.4 Å². The van der Waals surface area contributed by atoms with E-state index in [4.69, 9.17) is 0 Å². The van der Waals surface area contributed by atoms with Gasteiger partial charge in [-0.25, -0.2) is 4.57 Å². The number of aryl methyl sites for hydroxylation is 2. The van der Waals surface area contributed by atoms with Crippen LogP contribution in [0.3, 0.4) is 0 Å². The topological polar surface area (TPSA) is 16.8 Å². The molecule has 78 valence electrons. The van der Waals surface area contributed by atoms with Crippen molar-refractivity contribution >= 4 is 11.0 Å². The van der Waals surface area contributed by atoms with Gasteiger partial charge in [-0.1, -0.05) is 0 Å². The number of hydrogen-bond acceptors (Lipinski definition) is 1. The zero-order valence-electron chi connectivity index (χ0n) is 8.49. The molecule has 3 heterocycles. The summed E-state index contributed by atoms with van der Waals surface area (Å²) < 4.78 is 2.36. The van der Waals surface area contributed by atoms with E-state index >= 15 is 0 Å². The van der Waals surface area contributed by atoms with Crippen LogP contribution in [0.15, 0.2) is 30.5 Å². The Morgan fingerprint density at radius 1 is 1.13 bits per heavy atom. The smallest absolute Gasteiger partial charge is 0.330 e. The van der Waals surface area contributed by atoms with Gasteiger partial charge in [0.1, 0.15) is 11.9 Å². The molecule has 2 aromatic rings. The lowest BCUT2D eigenvalue weighted by Crippen LogP contribution is -3.00. The Hall–Kier alpha value is -1.15. The number of nitrogens with zero attached hydrogens (tertiary/aromatic N) is 2. The summed E-state index contributed by atoms with van der Waals surface area (Å²) in [6.07, 6.45) is 5.68. The minimum atomic E-state index is 0. The van der Waals surface area contributed by atoms with Gasteiger partial charge in [-0.05, 0) is 42.1 Å². The summed E-state index contributed by atoms with van der Waals surface area (Å²) in [7, 11) is 0. The third-order valence-corrected chi connectivity index (χ3v) is 2.94. The summed E-state index contributed by atoms with van der Waals surface area (Å²) in [5, 5.41) is 1.25. The third-order valence-electron chi connectivity index (χ3n) is 2.94. The molecule has 3 heteroatoms. The van der Waals surface area contributed by atoms with Crippen LogP contribution in [-0.4, -0.2) is 4.98 Å². The largest absolute Gasteiger partial charge is 1.00 e. The van der Waals surface area contributed by atoms with Gasteiger partial charge in [0.05, 0.1) is 11.9 Å². The van der Waals surface area contributed by atoms with Gasteiger partial charge in [0.15, 0.2) is 0 Å². The summed E-state index contributed by atoms with van der Waals surface area (Å²) in [6.45, 7) is 1.13. The van der Waals surface area contributed by atoms with E-state index in [9.17, 15) is 0 Å². The Bertz CT molecular complexity index is 482. The predicted molar refractivity (Wildman–Crippen MR) is 54.9 cm³/mol. The Morgan fingerprint density at radius 2 is 2.07 bits per heavy atom. The van der Waals surface area contributed by atoms with Crippen LogP contribution in [0.4, 0.5) is 0 Å². The molecule has 0 radical (unpaired) electrons. The van der Waals surface area contributed by atoms with Crippen molar-refractivity contribution in [3.8, 4) is 0 Å². The van der Waals surface area contributed by atoms with E-state index in [1.165, 1.54) is 30.3 Å². The van der Waals surface area contributed by atoms with Crippen LogP contribution in [-0.2, 0) is 13.0 Å². The van der Waals surface area contributed by atoms with Crippen molar-refractivity contribution < 1.29 is 17.0 Å². The Balaban J connectivity index is 0.000000853. The standard InChI is InChI=1S/C12H13N2.ClH/c1-2-9-14-11(5-1)7-6-10-4-3-8-13-12(10)14;/h3-4,6-8H,1-2,5,9H2;1H/q+1;/p-1. The van der Waals surface area contributed by atoms with E-state index in [0.717, 1.165) is 12.2 Å². The first-order valence-electron chi connectivity index (χ1n) is 5.21. The summed E-state index contributed by atoms with van der Waals surface area (Å²) in [5.74, 6) is 0. The summed E-state index contributed by atoms with van der Waals surface area (Å²) in [6, 6.07) is 8.55. The Morgan fingerprint density at radius 3 is 3.00 bits per heavy atom.